The van der Waals surface area contributed by atoms with E-state index in [9.17, 15) is 9.59 Å². The SMILES string of the molecule is CCCCc1c(Cc2[nH]c(Cc3[nH]c(C(=O)Cc4ccccc4)c(C)c3CCCC)c(C)c2C)[nH]c(C(=O)Cc2ccccc2)c1C. The molecule has 0 amide bonds. The second-order valence-electron chi connectivity index (χ2n) is 13.2. The van der Waals surface area contributed by atoms with Crippen LogP contribution in [0, 0.1) is 27.7 Å². The smallest absolute Gasteiger partial charge is 0.183 e. The van der Waals surface area contributed by atoms with Crippen LogP contribution < -0.4 is 0 Å². The fraction of sp³-hybridized carbons (Fsp3) is 0.381. The van der Waals surface area contributed by atoms with Crippen LogP contribution in [0.3, 0.4) is 0 Å². The molecule has 0 aliphatic heterocycles. The highest BCUT2D eigenvalue weighted by molar-refractivity contribution is 5.98. The number of aromatic amines is 3. The molecule has 0 atom stereocenters. The van der Waals surface area contributed by atoms with Crippen LogP contribution in [-0.2, 0) is 38.5 Å². The van der Waals surface area contributed by atoms with Crippen LogP contribution in [-0.4, -0.2) is 26.5 Å². The van der Waals surface area contributed by atoms with Gasteiger partial charge in [0.15, 0.2) is 11.6 Å². The first kappa shape index (κ1) is 34.0. The number of carbonyl (C=O) groups is 2. The maximum Gasteiger partial charge on any atom is 0.183 e. The van der Waals surface area contributed by atoms with Crippen molar-refractivity contribution in [2.75, 3.05) is 0 Å². The summed E-state index contributed by atoms with van der Waals surface area (Å²) in [6, 6.07) is 20.0. The Balaban J connectivity index is 1.43. The van der Waals surface area contributed by atoms with Gasteiger partial charge in [-0.1, -0.05) is 87.4 Å². The molecule has 0 spiro atoms. The van der Waals surface area contributed by atoms with Gasteiger partial charge in [0, 0.05) is 48.5 Å². The van der Waals surface area contributed by atoms with E-state index < -0.39 is 0 Å². The Morgan fingerprint density at radius 2 is 0.894 bits per heavy atom. The standard InChI is InChI=1S/C42H51N3O2/c1-7-9-21-33-29(5)41(39(46)23-31-17-13-11-14-18-31)44-37(33)25-35-27(3)28(4)36(43-35)26-38-34(22-10-8-2)30(6)42(45-38)40(47)24-32-19-15-12-16-20-32/h11-20,43-45H,7-10,21-26H2,1-6H3. The number of benzene rings is 2. The van der Waals surface area contributed by atoms with E-state index in [0.717, 1.165) is 96.4 Å². The van der Waals surface area contributed by atoms with E-state index in [1.165, 1.54) is 33.6 Å². The highest BCUT2D eigenvalue weighted by atomic mass is 16.1. The number of H-pyrrole nitrogens is 3. The summed E-state index contributed by atoms with van der Waals surface area (Å²) in [6.07, 6.45) is 8.53. The highest BCUT2D eigenvalue weighted by Gasteiger charge is 2.23. The van der Waals surface area contributed by atoms with Gasteiger partial charge in [0.25, 0.3) is 0 Å². The maximum absolute atomic E-state index is 13.5. The molecule has 0 radical (unpaired) electrons. The second kappa shape index (κ2) is 15.5. The molecule has 0 saturated carbocycles. The molecule has 5 nitrogen and oxygen atoms in total. The van der Waals surface area contributed by atoms with E-state index in [1.807, 2.05) is 60.7 Å². The lowest BCUT2D eigenvalue weighted by Gasteiger charge is -2.06. The maximum atomic E-state index is 13.5. The molecule has 3 heterocycles. The van der Waals surface area contributed by atoms with Crippen molar-refractivity contribution in [3.8, 4) is 0 Å². The van der Waals surface area contributed by atoms with Gasteiger partial charge in [0.05, 0.1) is 11.4 Å². The Morgan fingerprint density at radius 1 is 0.511 bits per heavy atom. The molecular formula is C42H51N3O2. The van der Waals surface area contributed by atoms with Crippen LogP contribution >= 0.6 is 0 Å². The van der Waals surface area contributed by atoms with Gasteiger partial charge in [-0.3, -0.25) is 9.59 Å². The summed E-state index contributed by atoms with van der Waals surface area (Å²) in [4.78, 5) is 37.9. The zero-order chi connectivity index (χ0) is 33.5. The number of carbonyl (C=O) groups excluding carboxylic acids is 2. The van der Waals surface area contributed by atoms with E-state index in [2.05, 4.69) is 56.5 Å². The molecule has 5 heteroatoms. The minimum atomic E-state index is 0.136. The Morgan fingerprint density at radius 3 is 1.26 bits per heavy atom. The molecule has 0 aliphatic carbocycles. The number of rotatable bonds is 16. The Hall–Kier alpha value is -4.38. The van der Waals surface area contributed by atoms with Gasteiger partial charge in [-0.2, -0.15) is 0 Å². The molecule has 0 aliphatic rings. The van der Waals surface area contributed by atoms with E-state index in [0.29, 0.717) is 12.8 Å². The number of hydrogen-bond donors (Lipinski definition) is 3. The summed E-state index contributed by atoms with van der Waals surface area (Å²) >= 11 is 0. The average molecular weight is 630 g/mol. The molecule has 0 unspecified atom stereocenters. The third kappa shape index (κ3) is 7.78. The first-order valence-electron chi connectivity index (χ1n) is 17.4. The molecule has 0 bridgehead atoms. The van der Waals surface area contributed by atoms with Crippen molar-refractivity contribution in [1.82, 2.24) is 15.0 Å². The summed E-state index contributed by atoms with van der Waals surface area (Å²) in [7, 11) is 0. The number of ketones is 2. The normalized spacial score (nSPS) is 11.4. The molecule has 5 aromatic rings. The van der Waals surface area contributed by atoms with Crippen molar-refractivity contribution in [3.05, 3.63) is 139 Å². The topological polar surface area (TPSA) is 81.5 Å². The molecule has 2 aromatic carbocycles. The molecule has 5 rings (SSSR count). The monoisotopic (exact) mass is 629 g/mol. The summed E-state index contributed by atoms with van der Waals surface area (Å²) in [5, 5.41) is 0. The zero-order valence-corrected chi connectivity index (χ0v) is 29.2. The quantitative estimate of drug-likeness (QED) is 0.0950. The van der Waals surface area contributed by atoms with E-state index >= 15 is 0 Å². The van der Waals surface area contributed by atoms with Crippen molar-refractivity contribution in [1.29, 1.82) is 0 Å². The first-order chi connectivity index (χ1) is 22.7. The number of hydrogen-bond acceptors (Lipinski definition) is 2. The average Bonchev–Trinajstić information content (AvgIpc) is 3.65. The van der Waals surface area contributed by atoms with Crippen LogP contribution in [0.1, 0.15) is 128 Å². The minimum absolute atomic E-state index is 0.136. The predicted molar refractivity (Wildman–Crippen MR) is 193 cm³/mol. The summed E-state index contributed by atoms with van der Waals surface area (Å²) < 4.78 is 0. The van der Waals surface area contributed by atoms with Crippen molar-refractivity contribution in [2.45, 2.75) is 106 Å². The van der Waals surface area contributed by atoms with Gasteiger partial charge in [0.1, 0.15) is 0 Å². The molecule has 0 fully saturated rings. The lowest BCUT2D eigenvalue weighted by atomic mass is 9.98. The van der Waals surface area contributed by atoms with Crippen LogP contribution in [0.15, 0.2) is 60.7 Å². The largest absolute Gasteiger partial charge is 0.361 e. The number of nitrogens with one attached hydrogen (secondary N) is 3. The van der Waals surface area contributed by atoms with Crippen molar-refractivity contribution < 1.29 is 9.59 Å². The van der Waals surface area contributed by atoms with E-state index in [4.69, 9.17) is 0 Å². The Bertz CT molecular complexity index is 1690. The molecule has 3 N–H and O–H groups in total. The zero-order valence-electron chi connectivity index (χ0n) is 29.2. The van der Waals surface area contributed by atoms with E-state index in [-0.39, 0.29) is 11.6 Å². The first-order valence-corrected chi connectivity index (χ1v) is 17.4. The summed E-state index contributed by atoms with van der Waals surface area (Å²) in [5.74, 6) is 0.272. The number of Topliss-reactive ketones (excluding diaryl/α,β-unsaturated/α-hetero) is 2. The minimum Gasteiger partial charge on any atom is -0.361 e. The van der Waals surface area contributed by atoms with Gasteiger partial charge in [-0.05, 0) is 97.9 Å². The Kier molecular flexibility index (Phi) is 11.2. The van der Waals surface area contributed by atoms with Crippen LogP contribution in [0.4, 0.5) is 0 Å². The molecule has 246 valence electrons. The fourth-order valence-corrected chi connectivity index (χ4v) is 6.91. The van der Waals surface area contributed by atoms with Gasteiger partial charge >= 0.3 is 0 Å². The number of unbranched alkanes of at least 4 members (excludes halogenated alkanes) is 2. The molecular weight excluding hydrogens is 578 g/mol. The fourth-order valence-electron chi connectivity index (χ4n) is 6.91. The lowest BCUT2D eigenvalue weighted by molar-refractivity contribution is 0.0980. The predicted octanol–water partition coefficient (Wildman–Crippen LogP) is 9.62. The van der Waals surface area contributed by atoms with Gasteiger partial charge in [-0.15, -0.1) is 0 Å². The van der Waals surface area contributed by atoms with Crippen molar-refractivity contribution in [2.24, 2.45) is 0 Å². The Labute approximate surface area is 280 Å². The molecule has 0 saturated heterocycles. The van der Waals surface area contributed by atoms with Crippen LogP contribution in [0.5, 0.6) is 0 Å². The van der Waals surface area contributed by atoms with Gasteiger partial charge in [0.2, 0.25) is 0 Å². The summed E-state index contributed by atoms with van der Waals surface area (Å²) in [5.41, 5.74) is 15.4. The second-order valence-corrected chi connectivity index (χ2v) is 13.2. The van der Waals surface area contributed by atoms with E-state index in [1.54, 1.807) is 0 Å². The van der Waals surface area contributed by atoms with Crippen molar-refractivity contribution >= 4 is 11.6 Å². The highest BCUT2D eigenvalue weighted by Crippen LogP contribution is 2.30. The van der Waals surface area contributed by atoms with Crippen LogP contribution in [0.25, 0.3) is 0 Å². The van der Waals surface area contributed by atoms with Crippen LogP contribution in [0.2, 0.25) is 0 Å². The summed E-state index contributed by atoms with van der Waals surface area (Å²) in [6.45, 7) is 13.0. The lowest BCUT2D eigenvalue weighted by Crippen LogP contribution is -2.06. The number of aromatic nitrogens is 3. The van der Waals surface area contributed by atoms with Crippen molar-refractivity contribution in [3.63, 3.8) is 0 Å². The van der Waals surface area contributed by atoms with Gasteiger partial charge < -0.3 is 15.0 Å². The van der Waals surface area contributed by atoms with Gasteiger partial charge in [-0.25, -0.2) is 0 Å². The third-order valence-corrected chi connectivity index (χ3v) is 9.95. The molecule has 47 heavy (non-hydrogen) atoms. The molecule has 3 aromatic heterocycles. The third-order valence-electron chi connectivity index (χ3n) is 9.95.